The highest BCUT2D eigenvalue weighted by molar-refractivity contribution is 5.86. The molecule has 2 aromatic carbocycles. The summed E-state index contributed by atoms with van der Waals surface area (Å²) in [5.74, 6) is 0.181. The van der Waals surface area contributed by atoms with Gasteiger partial charge in [-0.1, -0.05) is 0 Å². The molecule has 1 aliphatic heterocycles. The van der Waals surface area contributed by atoms with E-state index in [2.05, 4.69) is 10.4 Å². The summed E-state index contributed by atoms with van der Waals surface area (Å²) in [6.45, 7) is 2.51. The third kappa shape index (κ3) is 3.35. The molecule has 6 heteroatoms. The van der Waals surface area contributed by atoms with Crippen LogP contribution in [0.15, 0.2) is 42.5 Å². The van der Waals surface area contributed by atoms with Crippen molar-refractivity contribution < 1.29 is 13.5 Å². The Balaban J connectivity index is 1.68. The number of hydrogen-bond donors (Lipinski definition) is 1. The lowest BCUT2D eigenvalue weighted by Gasteiger charge is -2.22. The van der Waals surface area contributed by atoms with Crippen molar-refractivity contribution in [3.63, 3.8) is 0 Å². The molecule has 0 amide bonds. The van der Waals surface area contributed by atoms with Crippen LogP contribution in [-0.2, 0) is 0 Å². The summed E-state index contributed by atoms with van der Waals surface area (Å²) in [6, 6.07) is 10.5. The quantitative estimate of drug-likeness (QED) is 0.785. The largest absolute Gasteiger partial charge is 0.476 e. The van der Waals surface area contributed by atoms with Crippen LogP contribution in [0.1, 0.15) is 12.8 Å². The number of ether oxygens (including phenoxy) is 1. The number of benzene rings is 2. The molecule has 0 bridgehead atoms. The lowest BCUT2D eigenvalue weighted by atomic mass is 10.0. The minimum Gasteiger partial charge on any atom is -0.476 e. The highest BCUT2D eigenvalue weighted by Crippen LogP contribution is 2.29. The van der Waals surface area contributed by atoms with Crippen LogP contribution in [0.2, 0.25) is 0 Å². The highest BCUT2D eigenvalue weighted by Gasteiger charge is 2.18. The fourth-order valence-electron chi connectivity index (χ4n) is 3.21. The first kappa shape index (κ1) is 16.0. The molecule has 25 heavy (non-hydrogen) atoms. The van der Waals surface area contributed by atoms with E-state index < -0.39 is 0 Å². The number of hydrogen-bond acceptors (Lipinski definition) is 3. The molecule has 0 unspecified atom stereocenters. The van der Waals surface area contributed by atoms with Gasteiger partial charge < -0.3 is 10.1 Å². The summed E-state index contributed by atoms with van der Waals surface area (Å²) < 4.78 is 34.5. The standard InChI is InChI=1S/C19H19F2N3O/c20-14-3-6-16(7-4-14)24-18-8-5-15(21)10-17(18)19(23-24)25-12-13-2-1-9-22-11-13/h3-8,10,13,22H,1-2,9,11-12H2/t13-/m0/s1. The maximum atomic E-state index is 13.7. The van der Waals surface area contributed by atoms with Crippen LogP contribution < -0.4 is 10.1 Å². The van der Waals surface area contributed by atoms with Gasteiger partial charge in [0.25, 0.3) is 0 Å². The molecule has 0 spiro atoms. The fourth-order valence-corrected chi connectivity index (χ4v) is 3.21. The van der Waals surface area contributed by atoms with Crippen molar-refractivity contribution in [2.24, 2.45) is 5.92 Å². The number of rotatable bonds is 4. The Kier molecular flexibility index (Phi) is 4.36. The predicted octanol–water partition coefficient (Wildman–Crippen LogP) is 3.68. The van der Waals surface area contributed by atoms with Crippen molar-refractivity contribution in [3.05, 3.63) is 54.1 Å². The zero-order valence-electron chi connectivity index (χ0n) is 13.7. The van der Waals surface area contributed by atoms with E-state index in [4.69, 9.17) is 4.74 Å². The number of nitrogens with zero attached hydrogens (tertiary/aromatic N) is 2. The zero-order valence-corrected chi connectivity index (χ0v) is 13.7. The van der Waals surface area contributed by atoms with Gasteiger partial charge in [0.15, 0.2) is 0 Å². The van der Waals surface area contributed by atoms with E-state index in [9.17, 15) is 8.78 Å². The monoisotopic (exact) mass is 343 g/mol. The van der Waals surface area contributed by atoms with Crippen molar-refractivity contribution >= 4 is 10.9 Å². The molecule has 1 atom stereocenters. The molecule has 1 saturated heterocycles. The fraction of sp³-hybridized carbons (Fsp3) is 0.316. The molecule has 1 aromatic heterocycles. The molecular formula is C19H19F2N3O. The first-order valence-electron chi connectivity index (χ1n) is 8.48. The summed E-state index contributed by atoms with van der Waals surface area (Å²) in [6.07, 6.45) is 2.24. The molecule has 4 rings (SSSR count). The minimum atomic E-state index is -0.338. The third-order valence-corrected chi connectivity index (χ3v) is 4.53. The van der Waals surface area contributed by atoms with Gasteiger partial charge in [0, 0.05) is 12.5 Å². The van der Waals surface area contributed by atoms with Crippen LogP contribution in [0, 0.1) is 17.6 Å². The van der Waals surface area contributed by atoms with Crippen molar-refractivity contribution in [1.82, 2.24) is 15.1 Å². The van der Waals surface area contributed by atoms with E-state index >= 15 is 0 Å². The number of nitrogens with one attached hydrogen (secondary N) is 1. The summed E-state index contributed by atoms with van der Waals surface area (Å²) in [5.41, 5.74) is 1.43. The Hall–Kier alpha value is -2.47. The molecule has 1 aliphatic rings. The van der Waals surface area contributed by atoms with Gasteiger partial charge in [-0.2, -0.15) is 0 Å². The second-order valence-electron chi connectivity index (χ2n) is 6.38. The summed E-state index contributed by atoms with van der Waals surface area (Å²) in [4.78, 5) is 0. The molecular weight excluding hydrogens is 324 g/mol. The SMILES string of the molecule is Fc1ccc(-n2nc(OC[C@H]3CCCNC3)c3cc(F)ccc32)cc1. The normalized spacial score (nSPS) is 17.8. The highest BCUT2D eigenvalue weighted by atomic mass is 19.1. The first-order chi connectivity index (χ1) is 12.2. The first-order valence-corrected chi connectivity index (χ1v) is 8.48. The molecule has 4 nitrogen and oxygen atoms in total. The number of aromatic nitrogens is 2. The number of piperidine rings is 1. The molecule has 0 saturated carbocycles. The molecule has 0 aliphatic carbocycles. The van der Waals surface area contributed by atoms with Gasteiger partial charge in [0.05, 0.1) is 23.2 Å². The zero-order chi connectivity index (χ0) is 17.2. The van der Waals surface area contributed by atoms with E-state index in [-0.39, 0.29) is 11.6 Å². The Labute approximate surface area is 144 Å². The van der Waals surface area contributed by atoms with E-state index in [1.54, 1.807) is 22.9 Å². The smallest absolute Gasteiger partial charge is 0.241 e. The molecule has 3 aromatic rings. The second kappa shape index (κ2) is 6.80. The number of halogens is 2. The van der Waals surface area contributed by atoms with Crippen LogP contribution in [0.3, 0.4) is 0 Å². The average Bonchev–Trinajstić information content (AvgIpc) is 2.99. The van der Waals surface area contributed by atoms with Gasteiger partial charge in [-0.25, -0.2) is 13.5 Å². The summed E-state index contributed by atoms with van der Waals surface area (Å²) in [7, 11) is 0. The van der Waals surface area contributed by atoms with Crippen LogP contribution in [0.5, 0.6) is 5.88 Å². The van der Waals surface area contributed by atoms with Gasteiger partial charge in [0.1, 0.15) is 11.6 Å². The van der Waals surface area contributed by atoms with Crippen molar-refractivity contribution in [3.8, 4) is 11.6 Å². The van der Waals surface area contributed by atoms with Crippen LogP contribution in [0.4, 0.5) is 8.78 Å². The molecule has 0 radical (unpaired) electrons. The van der Waals surface area contributed by atoms with Crippen molar-refractivity contribution in [2.45, 2.75) is 12.8 Å². The molecule has 2 heterocycles. The van der Waals surface area contributed by atoms with Crippen LogP contribution in [-0.4, -0.2) is 29.5 Å². The van der Waals surface area contributed by atoms with Gasteiger partial charge in [0.2, 0.25) is 5.88 Å². The lowest BCUT2D eigenvalue weighted by molar-refractivity contribution is 0.213. The van der Waals surface area contributed by atoms with Gasteiger partial charge in [-0.3, -0.25) is 0 Å². The number of fused-ring (bicyclic) bond motifs is 1. The Bertz CT molecular complexity index is 870. The Morgan fingerprint density at radius 1 is 1.12 bits per heavy atom. The van der Waals surface area contributed by atoms with Crippen LogP contribution in [0.25, 0.3) is 16.6 Å². The van der Waals surface area contributed by atoms with Crippen LogP contribution >= 0.6 is 0 Å². The summed E-state index contributed by atoms with van der Waals surface area (Å²) >= 11 is 0. The topological polar surface area (TPSA) is 39.1 Å². The lowest BCUT2D eigenvalue weighted by Crippen LogP contribution is -2.33. The van der Waals surface area contributed by atoms with Gasteiger partial charge in [-0.05, 0) is 61.9 Å². The Morgan fingerprint density at radius 2 is 1.92 bits per heavy atom. The molecule has 130 valence electrons. The Morgan fingerprint density at radius 3 is 2.68 bits per heavy atom. The minimum absolute atomic E-state index is 0.312. The molecule has 1 N–H and O–H groups in total. The van der Waals surface area contributed by atoms with E-state index in [0.717, 1.165) is 31.4 Å². The maximum Gasteiger partial charge on any atom is 0.241 e. The summed E-state index contributed by atoms with van der Waals surface area (Å²) in [5, 5.41) is 8.47. The van der Waals surface area contributed by atoms with E-state index in [1.807, 2.05) is 0 Å². The van der Waals surface area contributed by atoms with Gasteiger partial charge in [-0.15, -0.1) is 5.10 Å². The van der Waals surface area contributed by atoms with Crippen molar-refractivity contribution in [2.75, 3.05) is 19.7 Å². The van der Waals surface area contributed by atoms with Crippen molar-refractivity contribution in [1.29, 1.82) is 0 Å². The van der Waals surface area contributed by atoms with E-state index in [0.29, 0.717) is 29.5 Å². The average molecular weight is 343 g/mol. The van der Waals surface area contributed by atoms with E-state index in [1.165, 1.54) is 24.3 Å². The third-order valence-electron chi connectivity index (χ3n) is 4.53. The van der Waals surface area contributed by atoms with Gasteiger partial charge >= 0.3 is 0 Å². The predicted molar refractivity (Wildman–Crippen MR) is 92.1 cm³/mol. The second-order valence-corrected chi connectivity index (χ2v) is 6.38. The maximum absolute atomic E-state index is 13.7. The molecule has 1 fully saturated rings.